The smallest absolute Gasteiger partial charge is 0.407 e. The zero-order valence-electron chi connectivity index (χ0n) is 23.2. The lowest BCUT2D eigenvalue weighted by Crippen LogP contribution is -2.47. The number of nitro groups is 1. The number of rotatable bonds is 14. The Morgan fingerprint density at radius 1 is 1.00 bits per heavy atom. The number of ether oxygens (including phenoxy) is 1. The van der Waals surface area contributed by atoms with Crippen molar-refractivity contribution in [1.29, 1.82) is 0 Å². The molecular weight excluding hydrogens is 462 g/mol. The summed E-state index contributed by atoms with van der Waals surface area (Å²) in [7, 11) is -2.04. The summed E-state index contributed by atoms with van der Waals surface area (Å²) in [5, 5.41) is 17.7. The second-order valence-electron chi connectivity index (χ2n) is 11.1. The normalized spacial score (nSPS) is 12.3. The Bertz CT molecular complexity index is 800. The molecule has 2 N–H and O–H groups in total. The second-order valence-corrected chi connectivity index (χ2v) is 16.6. The van der Waals surface area contributed by atoms with Crippen molar-refractivity contribution in [2.75, 3.05) is 18.4 Å². The number of amides is 1. The van der Waals surface area contributed by atoms with E-state index >= 15 is 0 Å². The minimum Gasteiger partial charge on any atom is -0.444 e. The first-order valence-electron chi connectivity index (χ1n) is 12.8. The number of nitrogens with zero attached hydrogens (tertiary/aromatic N) is 1. The summed E-state index contributed by atoms with van der Waals surface area (Å²) < 4.78 is 11.8. The highest BCUT2D eigenvalue weighted by atomic mass is 28.4. The maximum atomic E-state index is 11.7. The topological polar surface area (TPSA) is 103 Å². The largest absolute Gasteiger partial charge is 0.444 e. The number of carbonyl (C=O) groups is 1. The average Bonchev–Trinajstić information content (AvgIpc) is 2.71. The number of anilines is 1. The molecule has 1 aromatic carbocycles. The van der Waals surface area contributed by atoms with E-state index in [1.807, 2.05) is 26.8 Å². The van der Waals surface area contributed by atoms with Gasteiger partial charge in [0.05, 0.1) is 11.5 Å². The summed E-state index contributed by atoms with van der Waals surface area (Å²) in [6.45, 7) is 20.4. The summed E-state index contributed by atoms with van der Waals surface area (Å²) in [6.07, 6.45) is 2.12. The van der Waals surface area contributed by atoms with E-state index in [0.29, 0.717) is 42.0 Å². The molecule has 1 amide bonds. The van der Waals surface area contributed by atoms with Crippen LogP contribution in [0.4, 0.5) is 16.2 Å². The maximum Gasteiger partial charge on any atom is 0.407 e. The maximum absolute atomic E-state index is 11.7. The van der Waals surface area contributed by atoms with E-state index in [1.54, 1.807) is 12.1 Å². The standard InChI is InChI=1S/C26H47N3O5Si/c1-19(2)35(20(3)4,21(5)6)33-18-22-13-14-23(24(17-22)29(31)32)27-15-11-10-12-16-28-25(30)34-26(7,8)9/h13-14,17,19-21,27H,10-12,15-16,18H2,1-9H3,(H,28,30). The molecule has 0 unspecified atom stereocenters. The van der Waals surface area contributed by atoms with E-state index < -0.39 is 20.0 Å². The molecule has 0 heterocycles. The number of hydrogen-bond acceptors (Lipinski definition) is 6. The van der Waals surface area contributed by atoms with Gasteiger partial charge >= 0.3 is 6.09 Å². The van der Waals surface area contributed by atoms with Crippen molar-refractivity contribution in [3.05, 3.63) is 33.9 Å². The molecule has 1 aromatic rings. The van der Waals surface area contributed by atoms with Crippen molar-refractivity contribution < 1.29 is 18.9 Å². The van der Waals surface area contributed by atoms with Crippen molar-refractivity contribution in [3.63, 3.8) is 0 Å². The predicted octanol–water partition coefficient (Wildman–Crippen LogP) is 7.39. The van der Waals surface area contributed by atoms with Crippen LogP contribution in [0.25, 0.3) is 0 Å². The summed E-state index contributed by atoms with van der Waals surface area (Å²) >= 11 is 0. The first-order valence-corrected chi connectivity index (χ1v) is 15.0. The van der Waals surface area contributed by atoms with Gasteiger partial charge in [-0.05, 0) is 68.3 Å². The Hall–Kier alpha value is -2.13. The van der Waals surface area contributed by atoms with Crippen LogP contribution in [-0.4, -0.2) is 38.0 Å². The molecule has 0 bridgehead atoms. The van der Waals surface area contributed by atoms with Crippen molar-refractivity contribution >= 4 is 25.8 Å². The molecule has 0 fully saturated rings. The van der Waals surface area contributed by atoms with Gasteiger partial charge in [-0.1, -0.05) is 47.6 Å². The molecule has 0 aliphatic rings. The van der Waals surface area contributed by atoms with Crippen LogP contribution in [0.5, 0.6) is 0 Å². The van der Waals surface area contributed by atoms with Gasteiger partial charge in [-0.25, -0.2) is 4.79 Å². The lowest BCUT2D eigenvalue weighted by molar-refractivity contribution is -0.384. The Kier molecular flexibility index (Phi) is 12.2. The van der Waals surface area contributed by atoms with E-state index in [1.165, 1.54) is 0 Å². The minimum atomic E-state index is -2.04. The molecule has 0 saturated heterocycles. The van der Waals surface area contributed by atoms with Crippen molar-refractivity contribution in [2.24, 2.45) is 0 Å². The minimum absolute atomic E-state index is 0.0728. The van der Waals surface area contributed by atoms with Gasteiger partial charge in [0.2, 0.25) is 8.32 Å². The van der Waals surface area contributed by atoms with Gasteiger partial charge < -0.3 is 19.8 Å². The van der Waals surface area contributed by atoms with Crippen LogP contribution in [0.3, 0.4) is 0 Å². The highest BCUT2D eigenvalue weighted by molar-refractivity contribution is 6.77. The zero-order chi connectivity index (χ0) is 26.8. The Morgan fingerprint density at radius 2 is 1.57 bits per heavy atom. The van der Waals surface area contributed by atoms with Crippen molar-refractivity contribution in [2.45, 2.75) is 110 Å². The van der Waals surface area contributed by atoms with Gasteiger partial charge in [0.1, 0.15) is 11.3 Å². The summed E-state index contributed by atoms with van der Waals surface area (Å²) in [4.78, 5) is 23.0. The molecule has 200 valence electrons. The van der Waals surface area contributed by atoms with Crippen LogP contribution in [0, 0.1) is 10.1 Å². The molecule has 0 aromatic heterocycles. The molecule has 0 saturated carbocycles. The lowest BCUT2D eigenvalue weighted by atomic mass is 10.1. The molecule has 1 rings (SSSR count). The number of hydrogen-bond donors (Lipinski definition) is 2. The van der Waals surface area contributed by atoms with E-state index in [-0.39, 0.29) is 10.6 Å². The third kappa shape index (κ3) is 9.80. The Balaban J connectivity index is 2.63. The highest BCUT2D eigenvalue weighted by Crippen LogP contribution is 2.43. The van der Waals surface area contributed by atoms with Gasteiger partial charge in [0, 0.05) is 19.2 Å². The van der Waals surface area contributed by atoms with Crippen LogP contribution in [0.15, 0.2) is 18.2 Å². The van der Waals surface area contributed by atoms with Crippen molar-refractivity contribution in [3.8, 4) is 0 Å². The van der Waals surface area contributed by atoms with Gasteiger partial charge in [0.25, 0.3) is 5.69 Å². The van der Waals surface area contributed by atoms with E-state index in [0.717, 1.165) is 24.8 Å². The first-order chi connectivity index (χ1) is 16.2. The van der Waals surface area contributed by atoms with E-state index in [4.69, 9.17) is 9.16 Å². The van der Waals surface area contributed by atoms with Gasteiger partial charge in [-0.15, -0.1) is 0 Å². The fourth-order valence-corrected chi connectivity index (χ4v) is 10.2. The third-order valence-corrected chi connectivity index (χ3v) is 12.4. The van der Waals surface area contributed by atoms with Crippen LogP contribution < -0.4 is 10.6 Å². The van der Waals surface area contributed by atoms with Crippen LogP contribution >= 0.6 is 0 Å². The molecule has 0 spiro atoms. The summed E-state index contributed by atoms with van der Waals surface area (Å²) in [6, 6.07) is 5.33. The first kappa shape index (κ1) is 30.9. The van der Waals surface area contributed by atoms with Gasteiger partial charge in [-0.2, -0.15) is 0 Å². The quantitative estimate of drug-likeness (QED) is 0.117. The molecule has 0 atom stereocenters. The molecule has 0 aliphatic heterocycles. The SMILES string of the molecule is CC(C)[Si](OCc1ccc(NCCCCCNC(=O)OC(C)(C)C)c([N+](=O)[O-])c1)(C(C)C)C(C)C. The number of benzene rings is 1. The van der Waals surface area contributed by atoms with Crippen LogP contribution in [-0.2, 0) is 15.8 Å². The van der Waals surface area contributed by atoms with Gasteiger partial charge in [-0.3, -0.25) is 10.1 Å². The number of nitrogens with one attached hydrogen (secondary N) is 2. The third-order valence-electron chi connectivity index (χ3n) is 6.29. The molecule has 9 heteroatoms. The number of carbonyl (C=O) groups excluding carboxylic acids is 1. The molecule has 0 aliphatic carbocycles. The highest BCUT2D eigenvalue weighted by Gasteiger charge is 2.45. The molecular formula is C26H47N3O5Si. The number of unbranched alkanes of at least 4 members (excludes halogenated alkanes) is 2. The lowest BCUT2D eigenvalue weighted by Gasteiger charge is -2.42. The number of alkyl carbamates (subject to hydrolysis) is 1. The summed E-state index contributed by atoms with van der Waals surface area (Å²) in [5.74, 6) is 0. The van der Waals surface area contributed by atoms with Crippen molar-refractivity contribution in [1.82, 2.24) is 5.32 Å². The Morgan fingerprint density at radius 3 is 2.09 bits per heavy atom. The fraction of sp³-hybridized carbons (Fsp3) is 0.731. The van der Waals surface area contributed by atoms with Crippen LogP contribution in [0.2, 0.25) is 16.6 Å². The molecule has 8 nitrogen and oxygen atoms in total. The van der Waals surface area contributed by atoms with Crippen LogP contribution in [0.1, 0.15) is 87.1 Å². The number of nitro benzene ring substituents is 1. The summed E-state index contributed by atoms with van der Waals surface area (Å²) in [5.41, 5.74) is 2.28. The average molecular weight is 510 g/mol. The van der Waals surface area contributed by atoms with E-state index in [2.05, 4.69) is 52.2 Å². The van der Waals surface area contributed by atoms with E-state index in [9.17, 15) is 14.9 Å². The second kappa shape index (κ2) is 13.8. The molecule has 0 radical (unpaired) electrons. The monoisotopic (exact) mass is 509 g/mol. The Labute approximate surface area is 212 Å². The predicted molar refractivity (Wildman–Crippen MR) is 146 cm³/mol. The zero-order valence-corrected chi connectivity index (χ0v) is 24.2. The molecule has 35 heavy (non-hydrogen) atoms. The van der Waals surface area contributed by atoms with Gasteiger partial charge in [0.15, 0.2) is 0 Å². The fourth-order valence-electron chi connectivity index (χ4n) is 4.83.